The molecule has 0 unspecified atom stereocenters. The van der Waals surface area contributed by atoms with Gasteiger partial charge in [0.25, 0.3) is 10.0 Å². The number of hydrogen-bond donors (Lipinski definition) is 1. The van der Waals surface area contributed by atoms with Crippen LogP contribution in [-0.4, -0.2) is 43.8 Å². The summed E-state index contributed by atoms with van der Waals surface area (Å²) < 4.78 is 28.7. The van der Waals surface area contributed by atoms with E-state index in [9.17, 15) is 18.0 Å². The van der Waals surface area contributed by atoms with Gasteiger partial charge in [-0.25, -0.2) is 8.42 Å². The van der Waals surface area contributed by atoms with Crippen LogP contribution in [0.2, 0.25) is 15.1 Å². The van der Waals surface area contributed by atoms with Gasteiger partial charge in [0.2, 0.25) is 11.8 Å². The molecule has 0 aliphatic rings. The first-order valence-corrected chi connectivity index (χ1v) is 15.3. The van der Waals surface area contributed by atoms with Crippen molar-refractivity contribution in [3.05, 3.63) is 92.9 Å². The number of carbonyl (C=O) groups excluding carboxylic acids is 2. The molecule has 3 aromatic rings. The summed E-state index contributed by atoms with van der Waals surface area (Å²) in [7, 11) is -4.23. The normalized spacial score (nSPS) is 12.9. The first-order chi connectivity index (χ1) is 18.8. The highest BCUT2D eigenvalue weighted by molar-refractivity contribution is 7.92. The summed E-state index contributed by atoms with van der Waals surface area (Å²) in [5, 5.41) is 3.84. The Balaban J connectivity index is 2.05. The summed E-state index contributed by atoms with van der Waals surface area (Å²) in [6.07, 6.45) is 0.710. The number of benzene rings is 3. The van der Waals surface area contributed by atoms with E-state index in [1.165, 1.54) is 35.2 Å². The first kappa shape index (κ1) is 31.7. The third-order valence-electron chi connectivity index (χ3n) is 6.46. The van der Waals surface area contributed by atoms with Crippen LogP contribution >= 0.6 is 34.8 Å². The lowest BCUT2D eigenvalue weighted by atomic mass is 10.1. The zero-order valence-corrected chi connectivity index (χ0v) is 25.8. The zero-order valence-electron chi connectivity index (χ0n) is 22.7. The van der Waals surface area contributed by atoms with Crippen molar-refractivity contribution in [2.24, 2.45) is 0 Å². The Morgan fingerprint density at radius 3 is 2.00 bits per heavy atom. The molecule has 0 fully saturated rings. The lowest BCUT2D eigenvalue weighted by Gasteiger charge is -2.32. The van der Waals surface area contributed by atoms with Crippen LogP contribution in [0.1, 0.15) is 38.3 Å². The van der Waals surface area contributed by atoms with Crippen LogP contribution in [0.25, 0.3) is 0 Å². The number of nitrogens with zero attached hydrogens (tertiary/aromatic N) is 2. The lowest BCUT2D eigenvalue weighted by molar-refractivity contribution is -0.139. The Kier molecular flexibility index (Phi) is 10.9. The van der Waals surface area contributed by atoms with E-state index < -0.39 is 28.5 Å². The first-order valence-electron chi connectivity index (χ1n) is 12.7. The average molecular weight is 625 g/mol. The van der Waals surface area contributed by atoms with Crippen LogP contribution in [0.5, 0.6) is 0 Å². The van der Waals surface area contributed by atoms with E-state index in [0.29, 0.717) is 11.4 Å². The van der Waals surface area contributed by atoms with E-state index in [4.69, 9.17) is 34.8 Å². The van der Waals surface area contributed by atoms with Gasteiger partial charge in [-0.3, -0.25) is 13.9 Å². The Labute approximate surface area is 251 Å². The summed E-state index contributed by atoms with van der Waals surface area (Å²) in [6, 6.07) is 16.5. The van der Waals surface area contributed by atoms with Gasteiger partial charge in [-0.1, -0.05) is 71.6 Å². The molecule has 7 nitrogen and oxygen atoms in total. The minimum Gasteiger partial charge on any atom is -0.352 e. The molecule has 2 amide bonds. The third-order valence-corrected chi connectivity index (χ3v) is 8.93. The molecule has 11 heteroatoms. The van der Waals surface area contributed by atoms with E-state index >= 15 is 0 Å². The number of sulfonamides is 1. The molecule has 0 saturated carbocycles. The molecule has 0 radical (unpaired) electrons. The summed E-state index contributed by atoms with van der Waals surface area (Å²) in [5.74, 6) is -0.941. The van der Waals surface area contributed by atoms with Crippen LogP contribution in [0, 0.1) is 6.92 Å². The molecule has 0 aliphatic heterocycles. The molecule has 2 atom stereocenters. The molecular weight excluding hydrogens is 593 g/mol. The van der Waals surface area contributed by atoms with E-state index in [-0.39, 0.29) is 39.1 Å². The fraction of sp³-hybridized carbons (Fsp3) is 0.310. The van der Waals surface area contributed by atoms with Gasteiger partial charge in [-0.05, 0) is 75.2 Å². The fourth-order valence-corrected chi connectivity index (χ4v) is 5.92. The molecule has 0 aliphatic carbocycles. The Hall–Kier alpha value is -2.78. The maximum atomic E-state index is 13.9. The van der Waals surface area contributed by atoms with Crippen molar-refractivity contribution in [1.82, 2.24) is 10.2 Å². The molecule has 0 aromatic heterocycles. The average Bonchev–Trinajstić information content (AvgIpc) is 2.90. The largest absolute Gasteiger partial charge is 0.352 e. The molecule has 0 saturated heterocycles. The summed E-state index contributed by atoms with van der Waals surface area (Å²) in [5.41, 5.74) is 1.72. The SMILES string of the molecule is CC[C@@H](C)NC(=O)[C@H](C)N(Cc1ccc(Cl)cc1)C(=O)CN(c1cc(Cl)cc(Cl)c1)S(=O)(=O)c1ccc(C)cc1. The van der Waals surface area contributed by atoms with Gasteiger partial charge in [0.1, 0.15) is 12.6 Å². The predicted molar refractivity (Wildman–Crippen MR) is 162 cm³/mol. The minimum atomic E-state index is -4.23. The van der Waals surface area contributed by atoms with Gasteiger partial charge in [0.15, 0.2) is 0 Å². The highest BCUT2D eigenvalue weighted by atomic mass is 35.5. The number of carbonyl (C=O) groups is 2. The third kappa shape index (κ3) is 8.13. The standard InChI is InChI=1S/C29H32Cl3N3O4S/c1-5-20(3)33-29(37)21(4)34(17-22-8-10-23(30)11-9-22)28(36)18-35(26-15-24(31)14-25(32)16-26)40(38,39)27-12-6-19(2)7-13-27/h6-16,20-21H,5,17-18H2,1-4H3,(H,33,37)/t20-,21+/m1/s1. The number of aryl methyl sites for hydroxylation is 1. The molecule has 0 bridgehead atoms. The smallest absolute Gasteiger partial charge is 0.264 e. The van der Waals surface area contributed by atoms with Crippen LogP contribution in [-0.2, 0) is 26.2 Å². The van der Waals surface area contributed by atoms with Gasteiger partial charge in [0, 0.05) is 27.7 Å². The number of halogens is 3. The Morgan fingerprint density at radius 1 is 0.875 bits per heavy atom. The Morgan fingerprint density at radius 2 is 1.45 bits per heavy atom. The molecule has 214 valence electrons. The maximum absolute atomic E-state index is 13.9. The van der Waals surface area contributed by atoms with Crippen molar-refractivity contribution >= 4 is 62.3 Å². The molecule has 3 rings (SSSR count). The fourth-order valence-electron chi connectivity index (χ4n) is 3.88. The van der Waals surface area contributed by atoms with E-state index in [1.54, 1.807) is 43.3 Å². The van der Waals surface area contributed by atoms with Crippen LogP contribution < -0.4 is 9.62 Å². The van der Waals surface area contributed by atoms with Gasteiger partial charge in [-0.2, -0.15) is 0 Å². The van der Waals surface area contributed by atoms with Crippen molar-refractivity contribution in [3.63, 3.8) is 0 Å². The van der Waals surface area contributed by atoms with Crippen molar-refractivity contribution in [2.75, 3.05) is 10.8 Å². The van der Waals surface area contributed by atoms with Gasteiger partial charge < -0.3 is 10.2 Å². The molecular formula is C29H32Cl3N3O4S. The number of nitrogens with one attached hydrogen (secondary N) is 1. The quantitative estimate of drug-likeness (QED) is 0.265. The second-order valence-electron chi connectivity index (χ2n) is 9.59. The maximum Gasteiger partial charge on any atom is 0.264 e. The molecule has 40 heavy (non-hydrogen) atoms. The van der Waals surface area contributed by atoms with Gasteiger partial charge in [-0.15, -0.1) is 0 Å². The van der Waals surface area contributed by atoms with Crippen LogP contribution in [0.3, 0.4) is 0 Å². The molecule has 3 aromatic carbocycles. The topological polar surface area (TPSA) is 86.8 Å². The van der Waals surface area contributed by atoms with Crippen molar-refractivity contribution in [2.45, 2.75) is 57.6 Å². The molecule has 0 spiro atoms. The second-order valence-corrected chi connectivity index (χ2v) is 12.8. The van der Waals surface area contributed by atoms with Crippen molar-refractivity contribution < 1.29 is 18.0 Å². The van der Waals surface area contributed by atoms with Gasteiger partial charge >= 0.3 is 0 Å². The number of anilines is 1. The van der Waals surface area contributed by atoms with Crippen LogP contribution in [0.15, 0.2) is 71.6 Å². The van der Waals surface area contributed by atoms with Crippen molar-refractivity contribution in [1.29, 1.82) is 0 Å². The Bertz CT molecular complexity index is 1430. The monoisotopic (exact) mass is 623 g/mol. The van der Waals surface area contributed by atoms with E-state index in [1.807, 2.05) is 20.8 Å². The highest BCUT2D eigenvalue weighted by Gasteiger charge is 2.33. The zero-order chi connectivity index (χ0) is 29.6. The van der Waals surface area contributed by atoms with Crippen molar-refractivity contribution in [3.8, 4) is 0 Å². The minimum absolute atomic E-state index is 0.00573. The molecule has 1 N–H and O–H groups in total. The predicted octanol–water partition coefficient (Wildman–Crippen LogP) is 6.48. The molecule has 0 heterocycles. The summed E-state index contributed by atoms with van der Waals surface area (Å²) in [4.78, 5) is 28.4. The lowest BCUT2D eigenvalue weighted by Crippen LogP contribution is -2.52. The summed E-state index contributed by atoms with van der Waals surface area (Å²) >= 11 is 18.5. The van der Waals surface area contributed by atoms with E-state index in [0.717, 1.165) is 15.4 Å². The van der Waals surface area contributed by atoms with Gasteiger partial charge in [0.05, 0.1) is 10.6 Å². The number of rotatable bonds is 11. The number of hydrogen-bond acceptors (Lipinski definition) is 4. The highest BCUT2D eigenvalue weighted by Crippen LogP contribution is 2.30. The summed E-state index contributed by atoms with van der Waals surface area (Å²) in [6.45, 7) is 6.72. The van der Waals surface area contributed by atoms with E-state index in [2.05, 4.69) is 5.32 Å². The van der Waals surface area contributed by atoms with Crippen LogP contribution in [0.4, 0.5) is 5.69 Å². The second kappa shape index (κ2) is 13.7. The number of amides is 2.